The van der Waals surface area contributed by atoms with Crippen LogP contribution in [0.15, 0.2) is 36.4 Å². The van der Waals surface area contributed by atoms with Gasteiger partial charge in [0.15, 0.2) is 23.0 Å². The highest BCUT2D eigenvalue weighted by Gasteiger charge is 2.43. The van der Waals surface area contributed by atoms with Crippen LogP contribution in [-0.4, -0.2) is 47.5 Å². The summed E-state index contributed by atoms with van der Waals surface area (Å²) >= 11 is 0. The molecule has 0 fully saturated rings. The zero-order valence-corrected chi connectivity index (χ0v) is 18.0. The first-order chi connectivity index (χ1) is 15.0. The molecule has 2 atom stereocenters. The summed E-state index contributed by atoms with van der Waals surface area (Å²) in [5.41, 5.74) is 1.94. The van der Waals surface area contributed by atoms with E-state index in [0.717, 1.165) is 0 Å². The predicted octanol–water partition coefficient (Wildman–Crippen LogP) is 3.29. The molecule has 0 amide bonds. The number of carbonyl (C=O) groups is 2. The predicted molar refractivity (Wildman–Crippen MR) is 112 cm³/mol. The van der Waals surface area contributed by atoms with Gasteiger partial charge in [-0.1, -0.05) is 6.07 Å². The summed E-state index contributed by atoms with van der Waals surface area (Å²) in [6.07, 6.45) is 2.19. The summed E-state index contributed by atoms with van der Waals surface area (Å²) in [6, 6.07) is 8.79. The van der Waals surface area contributed by atoms with Gasteiger partial charge in [-0.3, -0.25) is 4.79 Å². The van der Waals surface area contributed by atoms with Gasteiger partial charge in [0.1, 0.15) is 12.0 Å². The van der Waals surface area contributed by atoms with Crippen molar-refractivity contribution in [3.63, 3.8) is 0 Å². The third-order valence-electron chi connectivity index (χ3n) is 5.01. The lowest BCUT2D eigenvalue weighted by atomic mass is 9.90. The molecule has 0 aliphatic carbocycles. The lowest BCUT2D eigenvalue weighted by Gasteiger charge is -2.19. The maximum atomic E-state index is 12.8. The van der Waals surface area contributed by atoms with E-state index in [0.29, 0.717) is 39.7 Å². The molecule has 0 radical (unpaired) electrons. The third-order valence-corrected chi connectivity index (χ3v) is 5.01. The molecule has 0 spiro atoms. The first-order valence-corrected chi connectivity index (χ1v) is 9.41. The van der Waals surface area contributed by atoms with E-state index in [1.807, 2.05) is 0 Å². The summed E-state index contributed by atoms with van der Waals surface area (Å²) in [4.78, 5) is 24.3. The van der Waals surface area contributed by atoms with Crippen molar-refractivity contribution in [2.24, 2.45) is 0 Å². The molecular weight excluding hydrogens is 404 g/mol. The smallest absolute Gasteiger partial charge is 0.330 e. The molecule has 0 aromatic heterocycles. The van der Waals surface area contributed by atoms with Crippen LogP contribution in [0.1, 0.15) is 28.7 Å². The Bertz CT molecular complexity index is 1010. The summed E-state index contributed by atoms with van der Waals surface area (Å²) in [5.74, 6) is 0.226. The van der Waals surface area contributed by atoms with Crippen molar-refractivity contribution in [2.45, 2.75) is 12.0 Å². The van der Waals surface area contributed by atoms with Crippen molar-refractivity contribution in [3.05, 3.63) is 53.1 Å². The second-order valence-electron chi connectivity index (χ2n) is 6.65. The number of carbonyl (C=O) groups excluding carboxylic acids is 2. The van der Waals surface area contributed by atoms with Crippen LogP contribution in [0.2, 0.25) is 0 Å². The van der Waals surface area contributed by atoms with E-state index in [-0.39, 0.29) is 0 Å². The average molecular weight is 428 g/mol. The molecule has 164 valence electrons. The van der Waals surface area contributed by atoms with E-state index in [1.165, 1.54) is 34.5 Å². The Balaban J connectivity index is 2.10. The molecular formula is C23H24O8. The minimum atomic E-state index is -0.751. The topological polar surface area (TPSA) is 89.5 Å². The monoisotopic (exact) mass is 428 g/mol. The van der Waals surface area contributed by atoms with Gasteiger partial charge >= 0.3 is 11.9 Å². The standard InChI is InChI=1S/C23H24O8/c1-26-16-8-7-14(12-17(16)27-2)21-20(23(25)30-5)15-10-13(6-9-19(24)29-4)11-18(28-3)22(15)31-21/h6-12,20-21H,1-5H3/b9-6+/t20-,21-/m0/s1. The van der Waals surface area contributed by atoms with Gasteiger partial charge in [0.2, 0.25) is 0 Å². The van der Waals surface area contributed by atoms with Gasteiger partial charge < -0.3 is 28.4 Å². The summed E-state index contributed by atoms with van der Waals surface area (Å²) in [5, 5.41) is 0. The third kappa shape index (κ3) is 4.28. The molecule has 2 aromatic carbocycles. The van der Waals surface area contributed by atoms with Gasteiger partial charge in [0.05, 0.1) is 35.5 Å². The Labute approximate surface area is 180 Å². The molecule has 0 N–H and O–H groups in total. The zero-order chi connectivity index (χ0) is 22.5. The van der Waals surface area contributed by atoms with E-state index < -0.39 is 24.0 Å². The van der Waals surface area contributed by atoms with Crippen LogP contribution in [0.3, 0.4) is 0 Å². The van der Waals surface area contributed by atoms with Crippen LogP contribution in [0.25, 0.3) is 6.08 Å². The highest BCUT2D eigenvalue weighted by Crippen LogP contribution is 2.52. The van der Waals surface area contributed by atoms with E-state index in [2.05, 4.69) is 4.74 Å². The molecule has 8 heteroatoms. The molecule has 0 saturated carbocycles. The minimum absolute atomic E-state index is 0.430. The second kappa shape index (κ2) is 9.42. The van der Waals surface area contributed by atoms with Crippen molar-refractivity contribution < 1.29 is 38.0 Å². The average Bonchev–Trinajstić information content (AvgIpc) is 3.20. The van der Waals surface area contributed by atoms with Crippen molar-refractivity contribution >= 4 is 18.0 Å². The lowest BCUT2D eigenvalue weighted by Crippen LogP contribution is -2.20. The second-order valence-corrected chi connectivity index (χ2v) is 6.65. The van der Waals surface area contributed by atoms with E-state index in [4.69, 9.17) is 23.7 Å². The zero-order valence-electron chi connectivity index (χ0n) is 18.0. The Morgan fingerprint density at radius 2 is 1.58 bits per heavy atom. The number of benzene rings is 2. The van der Waals surface area contributed by atoms with Crippen molar-refractivity contribution in [1.29, 1.82) is 0 Å². The normalized spacial score (nSPS) is 16.9. The molecule has 3 rings (SSSR count). The van der Waals surface area contributed by atoms with E-state index in [9.17, 15) is 9.59 Å². The molecule has 1 aliphatic heterocycles. The number of ether oxygens (including phenoxy) is 6. The summed E-state index contributed by atoms with van der Waals surface area (Å²) in [6.45, 7) is 0. The van der Waals surface area contributed by atoms with Crippen LogP contribution < -0.4 is 18.9 Å². The molecule has 31 heavy (non-hydrogen) atoms. The molecule has 1 heterocycles. The highest BCUT2D eigenvalue weighted by molar-refractivity contribution is 5.88. The van der Waals surface area contributed by atoms with Crippen LogP contribution in [0.5, 0.6) is 23.0 Å². The van der Waals surface area contributed by atoms with Crippen LogP contribution in [-0.2, 0) is 19.1 Å². The molecule has 1 aliphatic rings. The summed E-state index contributed by atoms with van der Waals surface area (Å²) in [7, 11) is 7.20. The van der Waals surface area contributed by atoms with Gasteiger partial charge in [-0.2, -0.15) is 0 Å². The van der Waals surface area contributed by atoms with Crippen LogP contribution >= 0.6 is 0 Å². The molecule has 0 unspecified atom stereocenters. The SMILES string of the molecule is COC(=O)/C=C/c1cc(OC)c2c(c1)[C@H](C(=O)OC)[C@H](c1ccc(OC)c(OC)c1)O2. The Morgan fingerprint density at radius 3 is 2.19 bits per heavy atom. The maximum Gasteiger partial charge on any atom is 0.330 e. The van der Waals surface area contributed by atoms with Crippen LogP contribution in [0, 0.1) is 0 Å². The molecule has 0 saturated heterocycles. The van der Waals surface area contributed by atoms with Gasteiger partial charge in [0.25, 0.3) is 0 Å². The largest absolute Gasteiger partial charge is 0.493 e. The van der Waals surface area contributed by atoms with Gasteiger partial charge in [-0.15, -0.1) is 0 Å². The van der Waals surface area contributed by atoms with Crippen molar-refractivity contribution in [2.75, 3.05) is 35.5 Å². The number of fused-ring (bicyclic) bond motifs is 1. The first-order valence-electron chi connectivity index (χ1n) is 9.41. The Hall–Kier alpha value is -3.68. The fourth-order valence-corrected chi connectivity index (χ4v) is 3.51. The Kier molecular flexibility index (Phi) is 6.69. The van der Waals surface area contributed by atoms with Crippen LogP contribution in [0.4, 0.5) is 0 Å². The Morgan fingerprint density at radius 1 is 0.871 bits per heavy atom. The molecule has 2 aromatic rings. The van der Waals surface area contributed by atoms with Gasteiger partial charge in [-0.05, 0) is 41.5 Å². The van der Waals surface area contributed by atoms with Gasteiger partial charge in [-0.25, -0.2) is 4.79 Å². The highest BCUT2D eigenvalue weighted by atomic mass is 16.5. The molecule has 0 bridgehead atoms. The van der Waals surface area contributed by atoms with Crippen molar-refractivity contribution in [1.82, 2.24) is 0 Å². The number of rotatable bonds is 7. The summed E-state index contributed by atoms with van der Waals surface area (Å²) < 4.78 is 32.1. The number of esters is 2. The molecule has 8 nitrogen and oxygen atoms in total. The number of hydrogen-bond donors (Lipinski definition) is 0. The quantitative estimate of drug-likeness (QED) is 0.490. The lowest BCUT2D eigenvalue weighted by molar-refractivity contribution is -0.144. The first kappa shape index (κ1) is 22.0. The number of methoxy groups -OCH3 is 5. The van der Waals surface area contributed by atoms with E-state index >= 15 is 0 Å². The van der Waals surface area contributed by atoms with E-state index in [1.54, 1.807) is 43.5 Å². The fourth-order valence-electron chi connectivity index (χ4n) is 3.51. The maximum absolute atomic E-state index is 12.8. The number of hydrogen-bond acceptors (Lipinski definition) is 8. The fraction of sp³-hybridized carbons (Fsp3) is 0.304. The van der Waals surface area contributed by atoms with Crippen molar-refractivity contribution in [3.8, 4) is 23.0 Å². The minimum Gasteiger partial charge on any atom is -0.493 e. The van der Waals surface area contributed by atoms with Gasteiger partial charge in [0, 0.05) is 11.6 Å².